The van der Waals surface area contributed by atoms with Crippen molar-refractivity contribution in [2.75, 3.05) is 12.4 Å². The number of aryl methyl sites for hydroxylation is 1. The smallest absolute Gasteiger partial charge is 0.256 e. The van der Waals surface area contributed by atoms with Crippen LogP contribution in [0.25, 0.3) is 22.2 Å². The first-order valence-corrected chi connectivity index (χ1v) is 10.1. The van der Waals surface area contributed by atoms with E-state index in [1.165, 1.54) is 0 Å². The van der Waals surface area contributed by atoms with Crippen LogP contribution in [0.15, 0.2) is 79.1 Å². The molecule has 0 saturated heterocycles. The number of anilines is 1. The molecule has 6 heteroatoms. The molecule has 0 atom stereocenters. The van der Waals surface area contributed by atoms with Crippen molar-refractivity contribution < 1.29 is 9.59 Å². The third kappa shape index (κ3) is 4.59. The number of fused-ring (bicyclic) bond motifs is 1. The van der Waals surface area contributed by atoms with Gasteiger partial charge in [-0.15, -0.1) is 0 Å². The predicted molar refractivity (Wildman–Crippen MR) is 122 cm³/mol. The first-order valence-electron chi connectivity index (χ1n) is 10.1. The van der Waals surface area contributed by atoms with Gasteiger partial charge in [-0.2, -0.15) is 0 Å². The molecule has 31 heavy (non-hydrogen) atoms. The highest BCUT2D eigenvalue weighted by atomic mass is 16.2. The number of pyridine rings is 2. The van der Waals surface area contributed by atoms with Gasteiger partial charge in [-0.1, -0.05) is 36.4 Å². The van der Waals surface area contributed by atoms with Gasteiger partial charge in [-0.3, -0.25) is 14.6 Å². The molecule has 0 spiro atoms. The highest BCUT2D eigenvalue weighted by Crippen LogP contribution is 2.26. The molecule has 0 unspecified atom stereocenters. The zero-order valence-corrected chi connectivity index (χ0v) is 17.1. The maximum atomic E-state index is 13.3. The molecule has 0 aliphatic carbocycles. The lowest BCUT2D eigenvalue weighted by Crippen LogP contribution is -2.19. The van der Waals surface area contributed by atoms with Crippen molar-refractivity contribution in [3.8, 4) is 11.3 Å². The second-order valence-corrected chi connectivity index (χ2v) is 7.09. The van der Waals surface area contributed by atoms with Crippen molar-refractivity contribution in [1.29, 1.82) is 0 Å². The van der Waals surface area contributed by atoms with Crippen LogP contribution in [-0.4, -0.2) is 28.8 Å². The molecule has 0 radical (unpaired) electrons. The van der Waals surface area contributed by atoms with Crippen molar-refractivity contribution in [1.82, 2.24) is 15.3 Å². The van der Waals surface area contributed by atoms with E-state index >= 15 is 0 Å². The van der Waals surface area contributed by atoms with Gasteiger partial charge < -0.3 is 10.6 Å². The van der Waals surface area contributed by atoms with Gasteiger partial charge >= 0.3 is 0 Å². The van der Waals surface area contributed by atoms with Crippen molar-refractivity contribution in [2.24, 2.45) is 0 Å². The molecule has 2 aromatic carbocycles. The Morgan fingerprint density at radius 3 is 2.48 bits per heavy atom. The molecule has 4 rings (SSSR count). The predicted octanol–water partition coefficient (Wildman–Crippen LogP) is 4.23. The van der Waals surface area contributed by atoms with Crippen LogP contribution in [-0.2, 0) is 11.2 Å². The van der Waals surface area contributed by atoms with E-state index in [4.69, 9.17) is 4.98 Å². The van der Waals surface area contributed by atoms with Crippen LogP contribution in [0.4, 0.5) is 5.69 Å². The Morgan fingerprint density at radius 1 is 0.935 bits per heavy atom. The van der Waals surface area contributed by atoms with Crippen molar-refractivity contribution in [2.45, 2.75) is 12.8 Å². The summed E-state index contributed by atoms with van der Waals surface area (Å²) in [6.45, 7) is 0. The van der Waals surface area contributed by atoms with Crippen LogP contribution in [0.5, 0.6) is 0 Å². The van der Waals surface area contributed by atoms with Gasteiger partial charge in [0.2, 0.25) is 5.91 Å². The van der Waals surface area contributed by atoms with E-state index in [-0.39, 0.29) is 11.8 Å². The number of carbonyl (C=O) groups is 2. The van der Waals surface area contributed by atoms with Gasteiger partial charge in [0.1, 0.15) is 0 Å². The number of amides is 2. The number of carbonyl (C=O) groups excluding carboxylic acids is 2. The summed E-state index contributed by atoms with van der Waals surface area (Å²) >= 11 is 0. The van der Waals surface area contributed by atoms with E-state index in [1.54, 1.807) is 25.5 Å². The van der Waals surface area contributed by atoms with Crippen LogP contribution < -0.4 is 10.6 Å². The number of nitrogens with one attached hydrogen (secondary N) is 2. The van der Waals surface area contributed by atoms with Gasteiger partial charge in [0, 0.05) is 42.5 Å². The summed E-state index contributed by atoms with van der Waals surface area (Å²) in [4.78, 5) is 33.8. The monoisotopic (exact) mass is 410 g/mol. The van der Waals surface area contributed by atoms with Gasteiger partial charge in [0.15, 0.2) is 0 Å². The molecule has 2 amide bonds. The van der Waals surface area contributed by atoms with Gasteiger partial charge in [-0.05, 0) is 42.3 Å². The minimum atomic E-state index is -0.221. The molecular formula is C25H22N4O2. The molecule has 0 saturated carbocycles. The molecule has 6 nitrogen and oxygen atoms in total. The third-order valence-corrected chi connectivity index (χ3v) is 5.10. The molecule has 154 valence electrons. The van der Waals surface area contributed by atoms with Crippen molar-refractivity contribution >= 4 is 28.4 Å². The summed E-state index contributed by atoms with van der Waals surface area (Å²) in [5.41, 5.74) is 4.49. The fraction of sp³-hybridized carbons (Fsp3) is 0.120. The molecule has 0 aliphatic rings. The Kier molecular flexibility index (Phi) is 5.98. The second kappa shape index (κ2) is 9.17. The molecule has 0 fully saturated rings. The quantitative estimate of drug-likeness (QED) is 0.498. The highest BCUT2D eigenvalue weighted by Gasteiger charge is 2.15. The number of nitrogens with zero attached hydrogens (tertiary/aromatic N) is 2. The van der Waals surface area contributed by atoms with E-state index in [2.05, 4.69) is 15.6 Å². The number of hydrogen-bond acceptors (Lipinski definition) is 4. The second-order valence-electron chi connectivity index (χ2n) is 7.09. The number of benzene rings is 2. The Morgan fingerprint density at radius 2 is 1.68 bits per heavy atom. The number of rotatable bonds is 6. The number of aromatic nitrogens is 2. The fourth-order valence-corrected chi connectivity index (χ4v) is 3.46. The van der Waals surface area contributed by atoms with Gasteiger partial charge in [-0.25, -0.2) is 4.98 Å². The Labute approximate surface area is 180 Å². The number of hydrogen-bond donors (Lipinski definition) is 2. The van der Waals surface area contributed by atoms with E-state index in [0.717, 1.165) is 22.0 Å². The SMILES string of the molecule is CNC(=O)CCc1ccccc1NC(=O)c1cc(-c2ccncc2)nc2ccccc12. The maximum absolute atomic E-state index is 13.3. The summed E-state index contributed by atoms with van der Waals surface area (Å²) in [5, 5.41) is 6.43. The van der Waals surface area contributed by atoms with E-state index < -0.39 is 0 Å². The Balaban J connectivity index is 1.69. The van der Waals surface area contributed by atoms with E-state index in [9.17, 15) is 9.59 Å². The van der Waals surface area contributed by atoms with Gasteiger partial charge in [0.25, 0.3) is 5.91 Å². The Bertz CT molecular complexity index is 1240. The largest absolute Gasteiger partial charge is 0.359 e. The summed E-state index contributed by atoms with van der Waals surface area (Å²) in [7, 11) is 1.62. The minimum absolute atomic E-state index is 0.0387. The third-order valence-electron chi connectivity index (χ3n) is 5.10. The summed E-state index contributed by atoms with van der Waals surface area (Å²) < 4.78 is 0. The molecule has 2 aromatic heterocycles. The lowest BCUT2D eigenvalue weighted by atomic mass is 10.0. The van der Waals surface area contributed by atoms with E-state index in [0.29, 0.717) is 29.8 Å². The molecule has 4 aromatic rings. The van der Waals surface area contributed by atoms with Crippen molar-refractivity contribution in [3.63, 3.8) is 0 Å². The molecule has 2 heterocycles. The molecular weight excluding hydrogens is 388 g/mol. The lowest BCUT2D eigenvalue weighted by Gasteiger charge is -2.13. The maximum Gasteiger partial charge on any atom is 0.256 e. The number of para-hydroxylation sites is 2. The van der Waals surface area contributed by atoms with Crippen LogP contribution in [0.1, 0.15) is 22.3 Å². The lowest BCUT2D eigenvalue weighted by molar-refractivity contribution is -0.120. The van der Waals surface area contributed by atoms with Crippen LogP contribution in [0.3, 0.4) is 0 Å². The first-order chi connectivity index (χ1) is 15.2. The van der Waals surface area contributed by atoms with Crippen LogP contribution in [0.2, 0.25) is 0 Å². The van der Waals surface area contributed by atoms with Crippen molar-refractivity contribution in [3.05, 3.63) is 90.3 Å². The zero-order chi connectivity index (χ0) is 21.6. The summed E-state index contributed by atoms with van der Waals surface area (Å²) in [6, 6.07) is 20.7. The first kappa shape index (κ1) is 20.2. The molecule has 0 bridgehead atoms. The summed E-state index contributed by atoms with van der Waals surface area (Å²) in [6.07, 6.45) is 4.30. The average Bonchev–Trinajstić information content (AvgIpc) is 2.83. The summed E-state index contributed by atoms with van der Waals surface area (Å²) in [5.74, 6) is -0.260. The van der Waals surface area contributed by atoms with Crippen LogP contribution >= 0.6 is 0 Å². The normalized spacial score (nSPS) is 10.6. The minimum Gasteiger partial charge on any atom is -0.359 e. The van der Waals surface area contributed by atoms with Crippen LogP contribution in [0, 0.1) is 0 Å². The molecule has 2 N–H and O–H groups in total. The molecule has 0 aliphatic heterocycles. The standard InChI is InChI=1S/C25H22N4O2/c1-26-24(30)11-10-17-6-2-4-8-21(17)29-25(31)20-16-23(18-12-14-27-15-13-18)28-22-9-5-3-7-19(20)22/h2-9,12-16H,10-11H2,1H3,(H,26,30)(H,29,31). The zero-order valence-electron chi connectivity index (χ0n) is 17.1. The topological polar surface area (TPSA) is 84.0 Å². The van der Waals surface area contributed by atoms with Gasteiger partial charge in [0.05, 0.1) is 16.8 Å². The van der Waals surface area contributed by atoms with E-state index in [1.807, 2.05) is 60.7 Å². The highest BCUT2D eigenvalue weighted by molar-refractivity contribution is 6.13. The Hall–Kier alpha value is -4.06. The average molecular weight is 410 g/mol. The fourth-order valence-electron chi connectivity index (χ4n) is 3.46.